The van der Waals surface area contributed by atoms with Crippen LogP contribution in [0, 0.1) is 0 Å². The second kappa shape index (κ2) is 5.14. The standard InChI is InChI=1S/C10H15ClN2O2S/c1-8(7-12)13(2)16(14,15)10-5-3-4-9(11)6-10/h3-6,8H,7,12H2,1-2H3. The van der Waals surface area contributed by atoms with Crippen LogP contribution in [0.1, 0.15) is 6.92 Å². The van der Waals surface area contributed by atoms with Gasteiger partial charge in [0.1, 0.15) is 0 Å². The van der Waals surface area contributed by atoms with Gasteiger partial charge in [-0.15, -0.1) is 0 Å². The Morgan fingerprint density at radius 2 is 2.12 bits per heavy atom. The third-order valence-electron chi connectivity index (χ3n) is 2.43. The Bertz CT molecular complexity index is 462. The van der Waals surface area contributed by atoms with Gasteiger partial charge in [0.15, 0.2) is 0 Å². The summed E-state index contributed by atoms with van der Waals surface area (Å²) >= 11 is 5.76. The number of nitrogens with zero attached hydrogens (tertiary/aromatic N) is 1. The summed E-state index contributed by atoms with van der Waals surface area (Å²) in [6.45, 7) is 2.03. The van der Waals surface area contributed by atoms with E-state index in [0.717, 1.165) is 0 Å². The highest BCUT2D eigenvalue weighted by Gasteiger charge is 2.24. The van der Waals surface area contributed by atoms with E-state index in [1.54, 1.807) is 19.1 Å². The molecule has 6 heteroatoms. The highest BCUT2D eigenvalue weighted by Crippen LogP contribution is 2.19. The monoisotopic (exact) mass is 262 g/mol. The van der Waals surface area contributed by atoms with Gasteiger partial charge in [-0.2, -0.15) is 4.31 Å². The van der Waals surface area contributed by atoms with E-state index in [9.17, 15) is 8.42 Å². The molecule has 0 fully saturated rings. The highest BCUT2D eigenvalue weighted by atomic mass is 35.5. The molecule has 1 rings (SSSR count). The van der Waals surface area contributed by atoms with Gasteiger partial charge in [-0.25, -0.2) is 8.42 Å². The zero-order valence-corrected chi connectivity index (χ0v) is 10.8. The van der Waals surface area contributed by atoms with Crippen molar-refractivity contribution in [1.82, 2.24) is 4.31 Å². The summed E-state index contributed by atoms with van der Waals surface area (Å²) in [5.74, 6) is 0. The predicted octanol–water partition coefficient (Wildman–Crippen LogP) is 1.31. The van der Waals surface area contributed by atoms with Crippen molar-refractivity contribution in [3.8, 4) is 0 Å². The summed E-state index contributed by atoms with van der Waals surface area (Å²) in [5.41, 5.74) is 5.45. The van der Waals surface area contributed by atoms with Crippen LogP contribution < -0.4 is 5.73 Å². The van der Waals surface area contributed by atoms with Gasteiger partial charge in [0, 0.05) is 24.7 Å². The van der Waals surface area contributed by atoms with Gasteiger partial charge in [0.2, 0.25) is 10.0 Å². The third-order valence-corrected chi connectivity index (χ3v) is 4.64. The Morgan fingerprint density at radius 1 is 1.50 bits per heavy atom. The normalized spacial score (nSPS) is 14.1. The van der Waals surface area contributed by atoms with Gasteiger partial charge in [-0.1, -0.05) is 17.7 Å². The topological polar surface area (TPSA) is 63.4 Å². The van der Waals surface area contributed by atoms with Crippen molar-refractivity contribution in [2.45, 2.75) is 17.9 Å². The molecule has 0 radical (unpaired) electrons. The number of nitrogens with two attached hydrogens (primary N) is 1. The SMILES string of the molecule is CC(CN)N(C)S(=O)(=O)c1cccc(Cl)c1. The molecule has 1 aromatic carbocycles. The van der Waals surface area contributed by atoms with E-state index in [1.807, 2.05) is 0 Å². The van der Waals surface area contributed by atoms with Crippen LogP contribution >= 0.6 is 11.6 Å². The van der Waals surface area contributed by atoms with E-state index < -0.39 is 10.0 Å². The number of hydrogen-bond donors (Lipinski definition) is 1. The maximum absolute atomic E-state index is 12.1. The van der Waals surface area contributed by atoms with Crippen molar-refractivity contribution < 1.29 is 8.42 Å². The Hall–Kier alpha value is -0.620. The summed E-state index contributed by atoms with van der Waals surface area (Å²) in [5, 5.41) is 0.398. The molecule has 0 heterocycles. The molecule has 0 bridgehead atoms. The van der Waals surface area contributed by atoms with E-state index in [1.165, 1.54) is 23.5 Å². The number of rotatable bonds is 4. The van der Waals surface area contributed by atoms with E-state index in [0.29, 0.717) is 5.02 Å². The minimum Gasteiger partial charge on any atom is -0.329 e. The fourth-order valence-electron chi connectivity index (χ4n) is 1.18. The largest absolute Gasteiger partial charge is 0.329 e. The molecule has 0 aliphatic heterocycles. The molecule has 0 aromatic heterocycles. The second-order valence-corrected chi connectivity index (χ2v) is 6.00. The first-order chi connectivity index (χ1) is 7.39. The summed E-state index contributed by atoms with van der Waals surface area (Å²) in [7, 11) is -2.00. The number of benzene rings is 1. The highest BCUT2D eigenvalue weighted by molar-refractivity contribution is 7.89. The Morgan fingerprint density at radius 3 is 2.62 bits per heavy atom. The zero-order chi connectivity index (χ0) is 12.3. The van der Waals surface area contributed by atoms with Crippen LogP contribution in [0.3, 0.4) is 0 Å². The maximum Gasteiger partial charge on any atom is 0.243 e. The average Bonchev–Trinajstić information content (AvgIpc) is 2.27. The fraction of sp³-hybridized carbons (Fsp3) is 0.400. The molecule has 4 nitrogen and oxygen atoms in total. The molecule has 0 aliphatic carbocycles. The maximum atomic E-state index is 12.1. The van der Waals surface area contributed by atoms with Crippen molar-refractivity contribution >= 4 is 21.6 Å². The predicted molar refractivity (Wildman–Crippen MR) is 64.9 cm³/mol. The van der Waals surface area contributed by atoms with Gasteiger partial charge < -0.3 is 5.73 Å². The van der Waals surface area contributed by atoms with E-state index in [2.05, 4.69) is 0 Å². The lowest BCUT2D eigenvalue weighted by molar-refractivity contribution is 0.394. The van der Waals surface area contributed by atoms with Gasteiger partial charge in [0.05, 0.1) is 4.90 Å². The summed E-state index contributed by atoms with van der Waals surface area (Å²) < 4.78 is 25.4. The summed E-state index contributed by atoms with van der Waals surface area (Å²) in [4.78, 5) is 0.183. The number of sulfonamides is 1. The van der Waals surface area contributed by atoms with E-state index >= 15 is 0 Å². The van der Waals surface area contributed by atoms with Gasteiger partial charge in [-0.3, -0.25) is 0 Å². The first-order valence-electron chi connectivity index (χ1n) is 4.83. The Balaban J connectivity index is 3.12. The van der Waals surface area contributed by atoms with Crippen molar-refractivity contribution in [2.75, 3.05) is 13.6 Å². The lowest BCUT2D eigenvalue weighted by atomic mass is 10.4. The van der Waals surface area contributed by atoms with Gasteiger partial charge in [-0.05, 0) is 25.1 Å². The van der Waals surface area contributed by atoms with Crippen LogP contribution in [0.15, 0.2) is 29.2 Å². The summed E-state index contributed by atoms with van der Waals surface area (Å²) in [6, 6.07) is 5.93. The lowest BCUT2D eigenvalue weighted by Gasteiger charge is -2.22. The molecule has 1 atom stereocenters. The minimum atomic E-state index is -3.50. The van der Waals surface area contributed by atoms with Crippen LogP contribution in [-0.4, -0.2) is 32.4 Å². The smallest absolute Gasteiger partial charge is 0.243 e. The lowest BCUT2D eigenvalue weighted by Crippen LogP contribution is -2.39. The third kappa shape index (κ3) is 2.74. The Kier molecular flexibility index (Phi) is 4.32. The van der Waals surface area contributed by atoms with Crippen molar-refractivity contribution in [1.29, 1.82) is 0 Å². The van der Waals surface area contributed by atoms with E-state index in [-0.39, 0.29) is 17.5 Å². The van der Waals surface area contributed by atoms with Crippen LogP contribution in [-0.2, 0) is 10.0 Å². The molecule has 2 N–H and O–H groups in total. The van der Waals surface area contributed by atoms with Gasteiger partial charge >= 0.3 is 0 Å². The van der Waals surface area contributed by atoms with Gasteiger partial charge in [0.25, 0.3) is 0 Å². The zero-order valence-electron chi connectivity index (χ0n) is 9.22. The quantitative estimate of drug-likeness (QED) is 0.890. The molecule has 90 valence electrons. The molecule has 0 spiro atoms. The average molecular weight is 263 g/mol. The Labute approximate surface area is 101 Å². The molecule has 0 amide bonds. The van der Waals surface area contributed by atoms with Crippen molar-refractivity contribution in [2.24, 2.45) is 5.73 Å². The fourth-order valence-corrected chi connectivity index (χ4v) is 2.85. The molecular weight excluding hydrogens is 248 g/mol. The van der Waals surface area contributed by atoms with E-state index in [4.69, 9.17) is 17.3 Å². The molecule has 0 aliphatic rings. The minimum absolute atomic E-state index is 0.183. The molecule has 16 heavy (non-hydrogen) atoms. The van der Waals surface area contributed by atoms with Crippen LogP contribution in [0.25, 0.3) is 0 Å². The second-order valence-electron chi connectivity index (χ2n) is 3.56. The van der Waals surface area contributed by atoms with Crippen LogP contribution in [0.4, 0.5) is 0 Å². The number of halogens is 1. The first-order valence-corrected chi connectivity index (χ1v) is 6.65. The molecule has 1 unspecified atom stereocenters. The van der Waals surface area contributed by atoms with Crippen LogP contribution in [0.2, 0.25) is 5.02 Å². The summed E-state index contributed by atoms with van der Waals surface area (Å²) in [6.07, 6.45) is 0. The number of hydrogen-bond acceptors (Lipinski definition) is 3. The van der Waals surface area contributed by atoms with Crippen molar-refractivity contribution in [3.05, 3.63) is 29.3 Å². The van der Waals surface area contributed by atoms with Crippen molar-refractivity contribution in [3.63, 3.8) is 0 Å². The molecular formula is C10H15ClN2O2S. The van der Waals surface area contributed by atoms with Crippen LogP contribution in [0.5, 0.6) is 0 Å². The number of likely N-dealkylation sites (N-methyl/N-ethyl adjacent to an activating group) is 1. The first kappa shape index (κ1) is 13.4. The molecule has 0 saturated carbocycles. The molecule has 1 aromatic rings. The molecule has 0 saturated heterocycles.